The molecule has 150 valence electrons. The van der Waals surface area contributed by atoms with Crippen molar-refractivity contribution in [3.8, 4) is 11.4 Å². The van der Waals surface area contributed by atoms with Gasteiger partial charge in [-0.3, -0.25) is 0 Å². The molecule has 0 aliphatic heterocycles. The number of hydrogen-bond acceptors (Lipinski definition) is 3. The van der Waals surface area contributed by atoms with E-state index < -0.39 is 0 Å². The van der Waals surface area contributed by atoms with E-state index in [1.807, 2.05) is 41.1 Å². The molecular weight excluding hydrogens is 379 g/mol. The summed E-state index contributed by atoms with van der Waals surface area (Å²) in [6.07, 6.45) is 3.70. The molecule has 0 radical (unpaired) electrons. The first-order valence-electron chi connectivity index (χ1n) is 9.65. The molecule has 1 N–H and O–H groups in total. The maximum Gasteiger partial charge on any atom is 0.167 e. The van der Waals surface area contributed by atoms with Crippen LogP contribution in [0.25, 0.3) is 16.6 Å². The molecule has 0 aliphatic rings. The van der Waals surface area contributed by atoms with Crippen molar-refractivity contribution in [1.29, 1.82) is 0 Å². The van der Waals surface area contributed by atoms with Gasteiger partial charge in [-0.25, -0.2) is 4.39 Å². The van der Waals surface area contributed by atoms with Crippen LogP contribution in [0.15, 0.2) is 48.7 Å². The monoisotopic (exact) mass is 404 g/mol. The Morgan fingerprint density at radius 3 is 2.61 bits per heavy atom. The van der Waals surface area contributed by atoms with E-state index in [1.165, 1.54) is 6.07 Å². The summed E-state index contributed by atoms with van der Waals surface area (Å²) in [4.78, 5) is 2.19. The van der Waals surface area contributed by atoms with Crippen LogP contribution in [-0.2, 0) is 0 Å². The summed E-state index contributed by atoms with van der Waals surface area (Å²) in [5, 5.41) is 10.6. The number of likely N-dealkylation sites (N-methyl/N-ethyl adjacent to an activating group) is 1. The summed E-state index contributed by atoms with van der Waals surface area (Å²) < 4.78 is 22.2. The molecule has 0 fully saturated rings. The van der Waals surface area contributed by atoms with Gasteiger partial charge in [0.15, 0.2) is 11.6 Å². The molecule has 0 atom stereocenters. The molecule has 0 bridgehead atoms. The number of ether oxygens (including phenoxy) is 1. The highest BCUT2D eigenvalue weighted by Gasteiger charge is 2.10. The first kappa shape index (κ1) is 20.6. The van der Waals surface area contributed by atoms with E-state index >= 15 is 0 Å². The summed E-state index contributed by atoms with van der Waals surface area (Å²) >= 11 is 5.95. The Labute approximate surface area is 170 Å². The van der Waals surface area contributed by atoms with Gasteiger partial charge < -0.3 is 19.3 Å². The number of benzene rings is 2. The second-order valence-electron chi connectivity index (χ2n) is 6.72. The number of unbranched alkanes of at least 4 members (excludes halogenated alkanes) is 1. The zero-order chi connectivity index (χ0) is 19.9. The molecule has 4 nitrogen and oxygen atoms in total. The topological polar surface area (TPSA) is 37.6 Å². The molecule has 6 heteroatoms. The molecule has 0 amide bonds. The SMILES string of the molecule is CCN(CCO)CCCCOc1cc2ccn(-c3ccc(Cl)cc3)c2cc1F. The summed E-state index contributed by atoms with van der Waals surface area (Å²) in [7, 11) is 0. The average molecular weight is 405 g/mol. The van der Waals surface area contributed by atoms with Crippen LogP contribution in [0.4, 0.5) is 4.39 Å². The maximum absolute atomic E-state index is 14.6. The number of nitrogens with zero attached hydrogens (tertiary/aromatic N) is 2. The first-order chi connectivity index (χ1) is 13.6. The number of aliphatic hydroxyl groups is 1. The van der Waals surface area contributed by atoms with Crippen molar-refractivity contribution >= 4 is 22.5 Å². The molecule has 0 aliphatic carbocycles. The fourth-order valence-electron chi connectivity index (χ4n) is 3.26. The van der Waals surface area contributed by atoms with E-state index in [1.54, 1.807) is 6.07 Å². The van der Waals surface area contributed by atoms with Crippen LogP contribution in [0.1, 0.15) is 19.8 Å². The predicted octanol–water partition coefficient (Wildman–Crippen LogP) is 4.90. The van der Waals surface area contributed by atoms with Crippen LogP contribution in [0.3, 0.4) is 0 Å². The molecular formula is C22H26ClFN2O2. The minimum absolute atomic E-state index is 0.172. The molecule has 3 aromatic rings. The Hall–Kier alpha value is -2.08. The van der Waals surface area contributed by atoms with E-state index in [4.69, 9.17) is 21.4 Å². The Bertz CT molecular complexity index is 895. The minimum atomic E-state index is -0.364. The Morgan fingerprint density at radius 2 is 1.89 bits per heavy atom. The van der Waals surface area contributed by atoms with E-state index in [0.717, 1.165) is 42.5 Å². The van der Waals surface area contributed by atoms with E-state index in [0.29, 0.717) is 18.2 Å². The summed E-state index contributed by atoms with van der Waals surface area (Å²) in [6.45, 7) is 5.23. The van der Waals surface area contributed by atoms with Gasteiger partial charge in [0.1, 0.15) is 0 Å². The van der Waals surface area contributed by atoms with Gasteiger partial charge >= 0.3 is 0 Å². The van der Waals surface area contributed by atoms with Crippen LogP contribution >= 0.6 is 11.6 Å². The Balaban J connectivity index is 1.62. The highest BCUT2D eigenvalue weighted by Crippen LogP contribution is 2.28. The van der Waals surface area contributed by atoms with Gasteiger partial charge in [0.2, 0.25) is 0 Å². The van der Waals surface area contributed by atoms with Crippen LogP contribution in [0.2, 0.25) is 5.02 Å². The maximum atomic E-state index is 14.6. The van der Waals surface area contributed by atoms with Crippen LogP contribution in [0.5, 0.6) is 5.75 Å². The first-order valence-corrected chi connectivity index (χ1v) is 10.0. The van der Waals surface area contributed by atoms with Gasteiger partial charge in [-0.05, 0) is 62.3 Å². The van der Waals surface area contributed by atoms with E-state index in [2.05, 4.69) is 11.8 Å². The lowest BCUT2D eigenvalue weighted by Crippen LogP contribution is -2.27. The lowest BCUT2D eigenvalue weighted by Gasteiger charge is -2.18. The molecule has 28 heavy (non-hydrogen) atoms. The van der Waals surface area contributed by atoms with Gasteiger partial charge in [-0.2, -0.15) is 0 Å². The van der Waals surface area contributed by atoms with Crippen LogP contribution in [0, 0.1) is 5.82 Å². The molecule has 1 aromatic heterocycles. The molecule has 0 saturated carbocycles. The third-order valence-corrected chi connectivity index (χ3v) is 5.09. The van der Waals surface area contributed by atoms with Gasteiger partial charge in [0.25, 0.3) is 0 Å². The zero-order valence-electron chi connectivity index (χ0n) is 16.1. The van der Waals surface area contributed by atoms with Crippen molar-refractivity contribution in [2.24, 2.45) is 0 Å². The molecule has 0 spiro atoms. The van der Waals surface area contributed by atoms with Gasteiger partial charge in [-0.15, -0.1) is 0 Å². The lowest BCUT2D eigenvalue weighted by atomic mass is 10.2. The lowest BCUT2D eigenvalue weighted by molar-refractivity contribution is 0.195. The zero-order valence-corrected chi connectivity index (χ0v) is 16.8. The van der Waals surface area contributed by atoms with Crippen LogP contribution < -0.4 is 4.74 Å². The second-order valence-corrected chi connectivity index (χ2v) is 7.15. The number of rotatable bonds is 10. The fraction of sp³-hybridized carbons (Fsp3) is 0.364. The number of fused-ring (bicyclic) bond motifs is 1. The Kier molecular flexibility index (Phi) is 7.31. The smallest absolute Gasteiger partial charge is 0.167 e. The fourth-order valence-corrected chi connectivity index (χ4v) is 3.39. The van der Waals surface area contributed by atoms with Crippen molar-refractivity contribution in [1.82, 2.24) is 9.47 Å². The predicted molar refractivity (Wildman–Crippen MR) is 112 cm³/mol. The highest BCUT2D eigenvalue weighted by molar-refractivity contribution is 6.30. The van der Waals surface area contributed by atoms with Crippen molar-refractivity contribution < 1.29 is 14.2 Å². The average Bonchev–Trinajstić information content (AvgIpc) is 3.10. The molecule has 1 heterocycles. The highest BCUT2D eigenvalue weighted by atomic mass is 35.5. The standard InChI is InChI=1S/C22H26ClFN2O2/c1-2-25(12-13-27)10-3-4-14-28-22-15-17-9-11-26(21(17)16-20(22)24)19-7-5-18(23)6-8-19/h5-9,11,15-16,27H,2-4,10,12-14H2,1H3. The second kappa shape index (κ2) is 9.92. The number of halogens is 2. The van der Waals surface area contributed by atoms with E-state index in [-0.39, 0.29) is 18.2 Å². The molecule has 0 saturated heterocycles. The number of aliphatic hydroxyl groups excluding tert-OH is 1. The van der Waals surface area contributed by atoms with Gasteiger partial charge in [0.05, 0.1) is 18.7 Å². The van der Waals surface area contributed by atoms with Crippen molar-refractivity contribution in [3.63, 3.8) is 0 Å². The van der Waals surface area contributed by atoms with Crippen molar-refractivity contribution in [2.75, 3.05) is 32.8 Å². The largest absolute Gasteiger partial charge is 0.490 e. The molecule has 0 unspecified atom stereocenters. The quantitative estimate of drug-likeness (QED) is 0.488. The summed E-state index contributed by atoms with van der Waals surface area (Å²) in [5.74, 6) is -0.0825. The number of hydrogen-bond donors (Lipinski definition) is 1. The van der Waals surface area contributed by atoms with Gasteiger partial charge in [0, 0.05) is 34.9 Å². The Morgan fingerprint density at radius 1 is 1.11 bits per heavy atom. The van der Waals surface area contributed by atoms with Crippen molar-refractivity contribution in [2.45, 2.75) is 19.8 Å². The number of aromatic nitrogens is 1. The molecule has 2 aromatic carbocycles. The van der Waals surface area contributed by atoms with E-state index in [9.17, 15) is 4.39 Å². The molecule has 3 rings (SSSR count). The normalized spacial score (nSPS) is 11.5. The summed E-state index contributed by atoms with van der Waals surface area (Å²) in [5.41, 5.74) is 1.71. The minimum Gasteiger partial charge on any atom is -0.490 e. The van der Waals surface area contributed by atoms with Gasteiger partial charge in [-0.1, -0.05) is 18.5 Å². The summed E-state index contributed by atoms with van der Waals surface area (Å²) in [6, 6.07) is 12.7. The third kappa shape index (κ3) is 5.04. The van der Waals surface area contributed by atoms with Crippen molar-refractivity contribution in [3.05, 3.63) is 59.5 Å². The third-order valence-electron chi connectivity index (χ3n) is 4.84. The van der Waals surface area contributed by atoms with Crippen LogP contribution in [-0.4, -0.2) is 47.4 Å².